The number of carbonyl (C=O) groups is 2. The highest BCUT2D eigenvalue weighted by atomic mass is 79.9. The van der Waals surface area contributed by atoms with E-state index in [-0.39, 0.29) is 24.5 Å². The van der Waals surface area contributed by atoms with Crippen LogP contribution in [0.5, 0.6) is 5.75 Å². The Balaban J connectivity index is 1.80. The van der Waals surface area contributed by atoms with E-state index in [1.807, 2.05) is 0 Å². The molecule has 0 N–H and O–H groups in total. The zero-order valence-electron chi connectivity index (χ0n) is 13.3. The van der Waals surface area contributed by atoms with Crippen LogP contribution in [0.4, 0.5) is 4.39 Å². The Bertz CT molecular complexity index is 793. The minimum Gasteiger partial charge on any atom is -0.485 e. The molecular formula is C17H15BrFNO5. The highest BCUT2D eigenvalue weighted by Crippen LogP contribution is 2.27. The summed E-state index contributed by atoms with van der Waals surface area (Å²) in [5.74, 6) is -1.35. The van der Waals surface area contributed by atoms with Crippen LogP contribution in [0.25, 0.3) is 0 Å². The maximum atomic E-state index is 13.8. The van der Waals surface area contributed by atoms with Gasteiger partial charge in [0.15, 0.2) is 22.0 Å². The predicted octanol–water partition coefficient (Wildman–Crippen LogP) is 3.02. The first-order valence-corrected chi connectivity index (χ1v) is 8.34. The number of nitrogens with zero attached hydrogens (tertiary/aromatic N) is 1. The number of benzene rings is 1. The number of para-hydroxylation sites is 1. The number of hydrogen-bond acceptors (Lipinski definition) is 5. The molecule has 1 amide bonds. The standard InChI is InChI=1S/C17H15BrFNO5/c1-23-17(22)12-8-10(24-13-5-3-2-4-11(13)19)9-20(12)16(21)14-6-7-15(18)25-14/h2-7,10,12H,8-9H2,1H3/t10-,12-/m1/s1. The van der Waals surface area contributed by atoms with E-state index >= 15 is 0 Å². The highest BCUT2D eigenvalue weighted by molar-refractivity contribution is 9.10. The third-order valence-corrected chi connectivity index (χ3v) is 4.34. The van der Waals surface area contributed by atoms with Gasteiger partial charge in [0.1, 0.15) is 12.1 Å². The third-order valence-electron chi connectivity index (χ3n) is 3.91. The first kappa shape index (κ1) is 17.5. The van der Waals surface area contributed by atoms with E-state index in [1.165, 1.54) is 30.2 Å². The van der Waals surface area contributed by atoms with Crippen molar-refractivity contribution in [3.8, 4) is 5.75 Å². The molecule has 1 aromatic heterocycles. The second kappa shape index (κ2) is 7.26. The number of ether oxygens (including phenoxy) is 2. The molecule has 25 heavy (non-hydrogen) atoms. The Morgan fingerprint density at radius 3 is 2.68 bits per heavy atom. The van der Waals surface area contributed by atoms with Crippen molar-refractivity contribution in [2.24, 2.45) is 0 Å². The van der Waals surface area contributed by atoms with Crippen molar-refractivity contribution in [2.45, 2.75) is 18.6 Å². The molecule has 2 atom stereocenters. The van der Waals surface area contributed by atoms with Gasteiger partial charge >= 0.3 is 5.97 Å². The molecule has 1 saturated heterocycles. The van der Waals surface area contributed by atoms with Crippen LogP contribution in [-0.2, 0) is 9.53 Å². The lowest BCUT2D eigenvalue weighted by Gasteiger charge is -2.21. The molecule has 0 spiro atoms. The third kappa shape index (κ3) is 3.68. The van der Waals surface area contributed by atoms with Gasteiger partial charge in [0.05, 0.1) is 13.7 Å². The van der Waals surface area contributed by atoms with Crippen molar-refractivity contribution in [1.29, 1.82) is 0 Å². The molecule has 3 rings (SSSR count). The number of likely N-dealkylation sites (tertiary alicyclic amines) is 1. The zero-order valence-corrected chi connectivity index (χ0v) is 14.9. The summed E-state index contributed by atoms with van der Waals surface area (Å²) in [6, 6.07) is 8.25. The summed E-state index contributed by atoms with van der Waals surface area (Å²) in [4.78, 5) is 26.0. The lowest BCUT2D eigenvalue weighted by Crippen LogP contribution is -2.41. The molecule has 1 aliphatic rings. The summed E-state index contributed by atoms with van der Waals surface area (Å²) in [6.45, 7) is 0.116. The summed E-state index contributed by atoms with van der Waals surface area (Å²) >= 11 is 3.14. The molecule has 0 radical (unpaired) electrons. The fraction of sp³-hybridized carbons (Fsp3) is 0.294. The number of halogens is 2. The van der Waals surface area contributed by atoms with E-state index in [1.54, 1.807) is 18.2 Å². The topological polar surface area (TPSA) is 69.0 Å². The summed E-state index contributed by atoms with van der Waals surface area (Å²) in [5, 5.41) is 0. The molecule has 1 aromatic carbocycles. The van der Waals surface area contributed by atoms with Crippen molar-refractivity contribution in [3.05, 3.63) is 52.6 Å². The lowest BCUT2D eigenvalue weighted by atomic mass is 10.2. The second-order valence-corrected chi connectivity index (χ2v) is 6.29. The quantitative estimate of drug-likeness (QED) is 0.723. The Kier molecular flexibility index (Phi) is 5.08. The summed E-state index contributed by atoms with van der Waals surface area (Å²) in [7, 11) is 1.25. The van der Waals surface area contributed by atoms with Gasteiger partial charge in [-0.1, -0.05) is 12.1 Å². The molecule has 2 aromatic rings. The fourth-order valence-corrected chi connectivity index (χ4v) is 3.06. The van der Waals surface area contributed by atoms with Crippen LogP contribution in [-0.4, -0.2) is 42.6 Å². The second-order valence-electron chi connectivity index (χ2n) is 5.51. The van der Waals surface area contributed by atoms with Crippen molar-refractivity contribution >= 4 is 27.8 Å². The molecule has 8 heteroatoms. The molecular weight excluding hydrogens is 397 g/mol. The van der Waals surface area contributed by atoms with Crippen LogP contribution in [0.2, 0.25) is 0 Å². The Labute approximate surface area is 151 Å². The van der Waals surface area contributed by atoms with Gasteiger partial charge in [0.2, 0.25) is 0 Å². The van der Waals surface area contributed by atoms with Crippen LogP contribution in [0, 0.1) is 5.82 Å². The Hall–Kier alpha value is -2.35. The van der Waals surface area contributed by atoms with Gasteiger partial charge < -0.3 is 18.8 Å². The first-order chi connectivity index (χ1) is 12.0. The number of furan rings is 1. The highest BCUT2D eigenvalue weighted by Gasteiger charge is 2.42. The largest absolute Gasteiger partial charge is 0.485 e. The minimum absolute atomic E-state index is 0.0751. The number of carbonyl (C=O) groups excluding carboxylic acids is 2. The van der Waals surface area contributed by atoms with Crippen LogP contribution >= 0.6 is 15.9 Å². The average Bonchev–Trinajstić information content (AvgIpc) is 3.22. The van der Waals surface area contributed by atoms with Crippen LogP contribution < -0.4 is 4.74 Å². The number of amides is 1. The zero-order chi connectivity index (χ0) is 18.0. The Morgan fingerprint density at radius 2 is 2.04 bits per heavy atom. The summed E-state index contributed by atoms with van der Waals surface area (Å²) < 4.78 is 29.9. The molecule has 132 valence electrons. The minimum atomic E-state index is -0.821. The number of rotatable bonds is 4. The van der Waals surface area contributed by atoms with Gasteiger partial charge in [-0.3, -0.25) is 4.79 Å². The molecule has 0 aliphatic carbocycles. The van der Waals surface area contributed by atoms with Crippen LogP contribution in [0.1, 0.15) is 17.0 Å². The molecule has 0 bridgehead atoms. The normalized spacial score (nSPS) is 19.7. The van der Waals surface area contributed by atoms with Crippen LogP contribution in [0.3, 0.4) is 0 Å². The number of methoxy groups -OCH3 is 1. The first-order valence-electron chi connectivity index (χ1n) is 7.55. The predicted molar refractivity (Wildman–Crippen MR) is 88.7 cm³/mol. The lowest BCUT2D eigenvalue weighted by molar-refractivity contribution is -0.145. The molecule has 1 aliphatic heterocycles. The molecule has 1 fully saturated rings. The van der Waals surface area contributed by atoms with Gasteiger partial charge in [-0.15, -0.1) is 0 Å². The fourth-order valence-electron chi connectivity index (χ4n) is 2.76. The molecule has 0 saturated carbocycles. The molecule has 2 heterocycles. The van der Waals surface area contributed by atoms with Crippen molar-refractivity contribution in [3.63, 3.8) is 0 Å². The van der Waals surface area contributed by atoms with Gasteiger partial charge in [0.25, 0.3) is 5.91 Å². The van der Waals surface area contributed by atoms with E-state index in [0.29, 0.717) is 4.67 Å². The van der Waals surface area contributed by atoms with E-state index in [2.05, 4.69) is 15.9 Å². The maximum Gasteiger partial charge on any atom is 0.328 e. The van der Waals surface area contributed by atoms with E-state index in [0.717, 1.165) is 0 Å². The summed E-state index contributed by atoms with van der Waals surface area (Å²) in [5.41, 5.74) is 0. The Morgan fingerprint density at radius 1 is 1.28 bits per heavy atom. The average molecular weight is 412 g/mol. The van der Waals surface area contributed by atoms with Gasteiger partial charge in [-0.05, 0) is 40.2 Å². The van der Waals surface area contributed by atoms with Gasteiger partial charge in [-0.25, -0.2) is 9.18 Å². The SMILES string of the molecule is COC(=O)[C@H]1C[C@@H](Oc2ccccc2F)CN1C(=O)c1ccc(Br)o1. The molecule has 6 nitrogen and oxygen atoms in total. The monoisotopic (exact) mass is 411 g/mol. The smallest absolute Gasteiger partial charge is 0.328 e. The van der Waals surface area contributed by atoms with Crippen molar-refractivity contribution in [1.82, 2.24) is 4.90 Å². The van der Waals surface area contributed by atoms with Crippen molar-refractivity contribution < 1.29 is 27.9 Å². The van der Waals surface area contributed by atoms with E-state index < -0.39 is 29.8 Å². The number of hydrogen-bond donors (Lipinski definition) is 0. The maximum absolute atomic E-state index is 13.8. The van der Waals surface area contributed by atoms with E-state index in [4.69, 9.17) is 13.9 Å². The van der Waals surface area contributed by atoms with E-state index in [9.17, 15) is 14.0 Å². The summed E-state index contributed by atoms with van der Waals surface area (Å²) in [6.07, 6.45) is -0.336. The molecule has 0 unspecified atom stereocenters. The van der Waals surface area contributed by atoms with Crippen LogP contribution in [0.15, 0.2) is 45.5 Å². The van der Waals surface area contributed by atoms with Gasteiger partial charge in [-0.2, -0.15) is 0 Å². The van der Waals surface area contributed by atoms with Gasteiger partial charge in [0, 0.05) is 6.42 Å². The number of esters is 1. The van der Waals surface area contributed by atoms with Crippen molar-refractivity contribution in [2.75, 3.05) is 13.7 Å².